The molecule has 3 fully saturated rings. The summed E-state index contributed by atoms with van der Waals surface area (Å²) in [6, 6.07) is 5.81. The summed E-state index contributed by atoms with van der Waals surface area (Å²) in [5, 5.41) is 2.97. The number of hydrogen-bond acceptors (Lipinski definition) is 7. The number of nitrogens with zero attached hydrogens (tertiary/aromatic N) is 4. The second kappa shape index (κ2) is 12.5. The fourth-order valence-electron chi connectivity index (χ4n) is 6.07. The fraction of sp³-hybridized carbons (Fsp3) is 0.655. The molecule has 3 saturated heterocycles. The zero-order valence-corrected chi connectivity index (χ0v) is 22.6. The van der Waals surface area contributed by atoms with Gasteiger partial charge in [0.25, 0.3) is 5.56 Å². The number of unbranched alkanes of at least 4 members (excludes halogenated alkanes) is 5. The number of amides is 2. The molecule has 1 aromatic carbocycles. The number of hydrogen-bond donors (Lipinski definition) is 1. The van der Waals surface area contributed by atoms with E-state index in [1.54, 1.807) is 6.92 Å². The van der Waals surface area contributed by atoms with Crippen molar-refractivity contribution >= 4 is 22.7 Å². The molecule has 0 saturated carbocycles. The Bertz CT molecular complexity index is 1200. The Labute approximate surface area is 224 Å². The van der Waals surface area contributed by atoms with Gasteiger partial charge >= 0.3 is 0 Å². The molecule has 0 bridgehead atoms. The van der Waals surface area contributed by atoms with E-state index >= 15 is 0 Å². The summed E-state index contributed by atoms with van der Waals surface area (Å²) in [7, 11) is 0. The second-order valence-corrected chi connectivity index (χ2v) is 11.1. The summed E-state index contributed by atoms with van der Waals surface area (Å²) in [5.74, 6) is -0.204. The number of carbonyl (C=O) groups is 2. The Morgan fingerprint density at radius 1 is 0.974 bits per heavy atom. The maximum atomic E-state index is 13.5. The van der Waals surface area contributed by atoms with E-state index < -0.39 is 11.9 Å². The summed E-state index contributed by atoms with van der Waals surface area (Å²) in [5.41, 5.74) is 1.49. The van der Waals surface area contributed by atoms with Gasteiger partial charge in [-0.3, -0.25) is 29.2 Å². The highest BCUT2D eigenvalue weighted by Gasteiger charge is 2.31. The molecule has 9 heteroatoms. The van der Waals surface area contributed by atoms with Gasteiger partial charge in [-0.1, -0.05) is 37.8 Å². The molecule has 4 heterocycles. The zero-order valence-electron chi connectivity index (χ0n) is 22.6. The Morgan fingerprint density at radius 3 is 2.42 bits per heavy atom. The Hall–Kier alpha value is -2.62. The van der Waals surface area contributed by atoms with Crippen molar-refractivity contribution in [2.75, 3.05) is 45.9 Å². The molecular formula is C29H41N5O4. The lowest BCUT2D eigenvalue weighted by atomic mass is 10.0. The van der Waals surface area contributed by atoms with Crippen molar-refractivity contribution in [2.45, 2.75) is 76.8 Å². The van der Waals surface area contributed by atoms with Gasteiger partial charge in [-0.05, 0) is 50.8 Å². The standard InChI is InChI=1S/C29H41N5O4/c1-21-30-24-11-8-10-22(27(24)29(37)34(21)25-12-13-26(35)31-28(25)36)9-6-4-2-3-5-7-14-32-15-17-33(18-16-32)23-19-38-20-23/h8,10-11,23,25H,2-7,9,12-20H2,1H3,(H,31,35,36). The lowest BCUT2D eigenvalue weighted by Gasteiger charge is -2.42. The van der Waals surface area contributed by atoms with E-state index in [1.807, 2.05) is 18.2 Å². The zero-order chi connectivity index (χ0) is 26.5. The third-order valence-corrected chi connectivity index (χ3v) is 8.43. The summed E-state index contributed by atoms with van der Waals surface area (Å²) in [4.78, 5) is 47.4. The number of aryl methyl sites for hydroxylation is 2. The van der Waals surface area contributed by atoms with Crippen molar-refractivity contribution in [1.82, 2.24) is 24.7 Å². The van der Waals surface area contributed by atoms with Gasteiger partial charge in [0.05, 0.1) is 30.2 Å². The van der Waals surface area contributed by atoms with E-state index in [-0.39, 0.29) is 17.9 Å². The SMILES string of the molecule is Cc1nc2cccc(CCCCCCCCN3CCN(C4COC4)CC3)c2c(=O)n1C1CCC(=O)NC1=O. The predicted molar refractivity (Wildman–Crippen MR) is 146 cm³/mol. The lowest BCUT2D eigenvalue weighted by molar-refractivity contribution is -0.135. The number of piperidine rings is 1. The highest BCUT2D eigenvalue weighted by Crippen LogP contribution is 2.22. The maximum absolute atomic E-state index is 13.5. The lowest BCUT2D eigenvalue weighted by Crippen LogP contribution is -2.56. The second-order valence-electron chi connectivity index (χ2n) is 11.1. The van der Waals surface area contributed by atoms with Crippen molar-refractivity contribution < 1.29 is 14.3 Å². The average molecular weight is 524 g/mol. The summed E-state index contributed by atoms with van der Waals surface area (Å²) in [6.07, 6.45) is 8.53. The molecule has 0 aliphatic carbocycles. The minimum atomic E-state index is -0.689. The quantitative estimate of drug-likeness (QED) is 0.357. The van der Waals surface area contributed by atoms with Crippen molar-refractivity contribution in [1.29, 1.82) is 0 Å². The summed E-state index contributed by atoms with van der Waals surface area (Å²) < 4.78 is 6.81. The van der Waals surface area contributed by atoms with Gasteiger partial charge in [-0.25, -0.2) is 4.98 Å². The number of carbonyl (C=O) groups excluding carboxylic acids is 2. The van der Waals surface area contributed by atoms with Crippen LogP contribution < -0.4 is 10.9 Å². The minimum Gasteiger partial charge on any atom is -0.378 e. The molecule has 1 N–H and O–H groups in total. The number of piperazine rings is 1. The first-order valence-corrected chi connectivity index (χ1v) is 14.4. The number of ether oxygens (including phenoxy) is 1. The van der Waals surface area contributed by atoms with Gasteiger partial charge in [-0.15, -0.1) is 0 Å². The molecule has 2 aromatic rings. The van der Waals surface area contributed by atoms with Crippen LogP contribution in [0.2, 0.25) is 0 Å². The molecular weight excluding hydrogens is 482 g/mol. The van der Waals surface area contributed by atoms with Crippen molar-refractivity contribution in [3.05, 3.63) is 39.9 Å². The highest BCUT2D eigenvalue weighted by molar-refractivity contribution is 5.99. The number of rotatable bonds is 11. The molecule has 3 aliphatic rings. The summed E-state index contributed by atoms with van der Waals surface area (Å²) in [6.45, 7) is 9.50. The number of fused-ring (bicyclic) bond motifs is 1. The third kappa shape index (κ3) is 6.16. The first kappa shape index (κ1) is 27.0. The van der Waals surface area contributed by atoms with Crippen LogP contribution in [0, 0.1) is 6.92 Å². The van der Waals surface area contributed by atoms with Gasteiger partial charge in [0.1, 0.15) is 11.9 Å². The fourth-order valence-corrected chi connectivity index (χ4v) is 6.07. The monoisotopic (exact) mass is 523 g/mol. The van der Waals surface area contributed by atoms with Gasteiger partial charge < -0.3 is 9.64 Å². The highest BCUT2D eigenvalue weighted by atomic mass is 16.5. The minimum absolute atomic E-state index is 0.181. The van der Waals surface area contributed by atoms with Crippen molar-refractivity contribution in [3.63, 3.8) is 0 Å². The Morgan fingerprint density at radius 2 is 1.71 bits per heavy atom. The van der Waals surface area contributed by atoms with Gasteiger partial charge in [0.2, 0.25) is 11.8 Å². The van der Waals surface area contributed by atoms with Crippen LogP contribution in [-0.2, 0) is 20.7 Å². The number of imide groups is 1. The van der Waals surface area contributed by atoms with Crippen LogP contribution in [0.15, 0.2) is 23.0 Å². The van der Waals surface area contributed by atoms with E-state index in [1.165, 1.54) is 63.0 Å². The van der Waals surface area contributed by atoms with Crippen LogP contribution >= 0.6 is 0 Å². The largest absolute Gasteiger partial charge is 0.378 e. The number of nitrogens with one attached hydrogen (secondary N) is 1. The van der Waals surface area contributed by atoms with Crippen molar-refractivity contribution in [3.8, 4) is 0 Å². The first-order valence-electron chi connectivity index (χ1n) is 14.4. The molecule has 5 rings (SSSR count). The van der Waals surface area contributed by atoms with Crippen LogP contribution in [0.5, 0.6) is 0 Å². The molecule has 38 heavy (non-hydrogen) atoms. The molecule has 1 atom stereocenters. The first-order chi connectivity index (χ1) is 18.5. The van der Waals surface area contributed by atoms with Crippen LogP contribution in [0.1, 0.15) is 68.8 Å². The van der Waals surface area contributed by atoms with Gasteiger partial charge in [0.15, 0.2) is 0 Å². The van der Waals surface area contributed by atoms with E-state index in [9.17, 15) is 14.4 Å². The molecule has 1 unspecified atom stereocenters. The molecule has 0 radical (unpaired) electrons. The van der Waals surface area contributed by atoms with Crippen molar-refractivity contribution in [2.24, 2.45) is 0 Å². The molecule has 206 valence electrons. The molecule has 9 nitrogen and oxygen atoms in total. The normalized spacial score (nSPS) is 21.6. The predicted octanol–water partition coefficient (Wildman–Crippen LogP) is 2.58. The maximum Gasteiger partial charge on any atom is 0.262 e. The van der Waals surface area contributed by atoms with Gasteiger partial charge in [-0.2, -0.15) is 0 Å². The van der Waals surface area contributed by atoms with Crippen LogP contribution in [0.25, 0.3) is 10.9 Å². The van der Waals surface area contributed by atoms with Crippen LogP contribution in [0.4, 0.5) is 0 Å². The average Bonchev–Trinajstić information content (AvgIpc) is 2.86. The summed E-state index contributed by atoms with van der Waals surface area (Å²) >= 11 is 0. The molecule has 3 aliphatic heterocycles. The molecule has 2 amide bonds. The third-order valence-electron chi connectivity index (χ3n) is 8.43. The van der Waals surface area contributed by atoms with E-state index in [0.29, 0.717) is 29.2 Å². The van der Waals surface area contributed by atoms with E-state index in [2.05, 4.69) is 20.1 Å². The van der Waals surface area contributed by atoms with Crippen LogP contribution in [-0.4, -0.2) is 83.1 Å². The smallest absolute Gasteiger partial charge is 0.262 e. The topological polar surface area (TPSA) is 96.8 Å². The molecule has 0 spiro atoms. The Kier molecular flexibility index (Phi) is 8.86. The number of benzene rings is 1. The van der Waals surface area contributed by atoms with Gasteiger partial charge in [0, 0.05) is 32.6 Å². The Balaban J connectivity index is 1.07. The van der Waals surface area contributed by atoms with E-state index in [4.69, 9.17) is 4.74 Å². The van der Waals surface area contributed by atoms with E-state index in [0.717, 1.165) is 38.0 Å². The van der Waals surface area contributed by atoms with Crippen LogP contribution in [0.3, 0.4) is 0 Å². The molecule has 1 aromatic heterocycles. The number of aromatic nitrogens is 2.